The number of amides is 2. The summed E-state index contributed by atoms with van der Waals surface area (Å²) in [5.41, 5.74) is 0.991. The molecule has 2 N–H and O–H groups in total. The molecular formula is C12H12BrN3O. The van der Waals surface area contributed by atoms with Crippen molar-refractivity contribution in [2.24, 2.45) is 0 Å². The van der Waals surface area contributed by atoms with E-state index >= 15 is 0 Å². The van der Waals surface area contributed by atoms with Gasteiger partial charge in [-0.3, -0.25) is 0 Å². The van der Waals surface area contributed by atoms with E-state index in [2.05, 4.69) is 26.6 Å². The maximum Gasteiger partial charge on any atom is 0.318 e. The highest BCUT2D eigenvalue weighted by molar-refractivity contribution is 9.10. The lowest BCUT2D eigenvalue weighted by molar-refractivity contribution is 0.244. The fourth-order valence-electron chi connectivity index (χ4n) is 1.07. The highest BCUT2D eigenvalue weighted by atomic mass is 79.9. The zero-order chi connectivity index (χ0) is 12.5. The number of nitrogens with zero attached hydrogens (tertiary/aromatic N) is 1. The van der Waals surface area contributed by atoms with Crippen molar-refractivity contribution in [3.8, 4) is 6.07 Å². The standard InChI is InChI=1S/C12H12BrN3O/c13-11-4-2-10(3-5-11)6-9-16-12(17)15-8-1-7-14/h2-6,9H,1,8H2,(H2,15,16,17)/b9-6+. The third kappa shape index (κ3) is 5.73. The molecule has 0 aromatic heterocycles. The van der Waals surface area contributed by atoms with E-state index in [1.807, 2.05) is 30.3 Å². The molecule has 4 nitrogen and oxygen atoms in total. The van der Waals surface area contributed by atoms with Gasteiger partial charge in [0.2, 0.25) is 0 Å². The van der Waals surface area contributed by atoms with Crippen molar-refractivity contribution in [3.63, 3.8) is 0 Å². The van der Waals surface area contributed by atoms with Gasteiger partial charge in [0.25, 0.3) is 0 Å². The summed E-state index contributed by atoms with van der Waals surface area (Å²) >= 11 is 3.34. The van der Waals surface area contributed by atoms with Crippen molar-refractivity contribution < 1.29 is 4.79 Å². The number of carbonyl (C=O) groups is 1. The third-order valence-electron chi connectivity index (χ3n) is 1.88. The Kier molecular flexibility index (Phi) is 5.83. The minimum Gasteiger partial charge on any atom is -0.337 e. The number of carbonyl (C=O) groups excluding carboxylic acids is 1. The van der Waals surface area contributed by atoms with Crippen LogP contribution in [0.15, 0.2) is 34.9 Å². The summed E-state index contributed by atoms with van der Waals surface area (Å²) in [5.74, 6) is 0. The topological polar surface area (TPSA) is 64.9 Å². The monoisotopic (exact) mass is 293 g/mol. The summed E-state index contributed by atoms with van der Waals surface area (Å²) in [6.45, 7) is 0.356. The van der Waals surface area contributed by atoms with Crippen LogP contribution in [-0.2, 0) is 0 Å². The van der Waals surface area contributed by atoms with Crippen molar-refractivity contribution >= 4 is 28.0 Å². The van der Waals surface area contributed by atoms with Crippen LogP contribution in [-0.4, -0.2) is 12.6 Å². The predicted molar refractivity (Wildman–Crippen MR) is 69.9 cm³/mol. The van der Waals surface area contributed by atoms with Gasteiger partial charge in [-0.1, -0.05) is 28.1 Å². The SMILES string of the molecule is N#CCCNC(=O)N/C=C/c1ccc(Br)cc1. The van der Waals surface area contributed by atoms with Crippen molar-refractivity contribution in [2.75, 3.05) is 6.54 Å². The predicted octanol–water partition coefficient (Wildman–Crippen LogP) is 2.63. The molecule has 88 valence electrons. The van der Waals surface area contributed by atoms with Crippen LogP contribution in [0, 0.1) is 11.3 Å². The number of benzene rings is 1. The zero-order valence-corrected chi connectivity index (χ0v) is 10.7. The second-order valence-electron chi connectivity index (χ2n) is 3.19. The van der Waals surface area contributed by atoms with Crippen LogP contribution in [0.4, 0.5) is 4.79 Å². The number of nitrogens with one attached hydrogen (secondary N) is 2. The van der Waals surface area contributed by atoms with Crippen LogP contribution >= 0.6 is 15.9 Å². The molecule has 0 atom stereocenters. The Morgan fingerprint density at radius 1 is 1.41 bits per heavy atom. The molecule has 0 aliphatic rings. The van der Waals surface area contributed by atoms with Crippen molar-refractivity contribution in [2.45, 2.75) is 6.42 Å². The normalized spacial score (nSPS) is 9.88. The van der Waals surface area contributed by atoms with E-state index in [-0.39, 0.29) is 6.03 Å². The molecule has 2 amide bonds. The van der Waals surface area contributed by atoms with Gasteiger partial charge in [0.05, 0.1) is 12.5 Å². The summed E-state index contributed by atoms with van der Waals surface area (Å²) in [7, 11) is 0. The molecule has 0 aliphatic carbocycles. The van der Waals surface area contributed by atoms with Crippen LogP contribution < -0.4 is 10.6 Å². The van der Waals surface area contributed by atoms with Gasteiger partial charge in [-0.05, 0) is 23.8 Å². The highest BCUT2D eigenvalue weighted by Gasteiger charge is 1.94. The van der Waals surface area contributed by atoms with Gasteiger partial charge in [0, 0.05) is 17.2 Å². The highest BCUT2D eigenvalue weighted by Crippen LogP contribution is 2.10. The molecule has 5 heteroatoms. The smallest absolute Gasteiger partial charge is 0.318 e. The van der Waals surface area contributed by atoms with Crippen LogP contribution in [0.2, 0.25) is 0 Å². The Hall–Kier alpha value is -1.80. The lowest BCUT2D eigenvalue weighted by Crippen LogP contribution is -2.32. The maximum atomic E-state index is 11.2. The number of halogens is 1. The maximum absolute atomic E-state index is 11.2. The van der Waals surface area contributed by atoms with E-state index in [1.54, 1.807) is 12.3 Å². The molecule has 0 radical (unpaired) electrons. The van der Waals surface area contributed by atoms with Gasteiger partial charge in [0.15, 0.2) is 0 Å². The second-order valence-corrected chi connectivity index (χ2v) is 4.11. The van der Waals surface area contributed by atoms with Gasteiger partial charge in [0.1, 0.15) is 0 Å². The molecule has 1 aromatic carbocycles. The largest absolute Gasteiger partial charge is 0.337 e. The molecule has 1 rings (SSSR count). The zero-order valence-electron chi connectivity index (χ0n) is 9.11. The molecular weight excluding hydrogens is 282 g/mol. The minimum atomic E-state index is -0.311. The molecule has 1 aromatic rings. The first-order chi connectivity index (χ1) is 8.22. The first-order valence-electron chi connectivity index (χ1n) is 5.06. The summed E-state index contributed by atoms with van der Waals surface area (Å²) in [5, 5.41) is 13.4. The van der Waals surface area contributed by atoms with Gasteiger partial charge >= 0.3 is 6.03 Å². The molecule has 0 unspecified atom stereocenters. The Morgan fingerprint density at radius 3 is 2.76 bits per heavy atom. The van der Waals surface area contributed by atoms with Gasteiger partial charge in [-0.2, -0.15) is 5.26 Å². The van der Waals surface area contributed by atoms with Crippen LogP contribution in [0.1, 0.15) is 12.0 Å². The fourth-order valence-corrected chi connectivity index (χ4v) is 1.33. The van der Waals surface area contributed by atoms with Crippen molar-refractivity contribution in [3.05, 3.63) is 40.5 Å². The molecule has 0 saturated carbocycles. The Labute approximate surface area is 108 Å². The lowest BCUT2D eigenvalue weighted by Gasteiger charge is -2.00. The summed E-state index contributed by atoms with van der Waals surface area (Å²) in [6, 6.07) is 9.33. The number of hydrogen-bond donors (Lipinski definition) is 2. The first-order valence-corrected chi connectivity index (χ1v) is 5.85. The lowest BCUT2D eigenvalue weighted by atomic mass is 10.2. The van der Waals surface area contributed by atoms with Crippen LogP contribution in [0.5, 0.6) is 0 Å². The summed E-state index contributed by atoms with van der Waals surface area (Å²) < 4.78 is 1.01. The molecule has 0 aliphatic heterocycles. The van der Waals surface area contributed by atoms with E-state index in [1.165, 1.54) is 0 Å². The van der Waals surface area contributed by atoms with E-state index in [4.69, 9.17) is 5.26 Å². The number of urea groups is 1. The third-order valence-corrected chi connectivity index (χ3v) is 2.41. The summed E-state index contributed by atoms with van der Waals surface area (Å²) in [4.78, 5) is 11.2. The van der Waals surface area contributed by atoms with E-state index in [0.29, 0.717) is 13.0 Å². The average Bonchev–Trinajstić information content (AvgIpc) is 2.32. The molecule has 17 heavy (non-hydrogen) atoms. The summed E-state index contributed by atoms with van der Waals surface area (Å²) in [6.07, 6.45) is 3.66. The Balaban J connectivity index is 2.32. The molecule has 0 saturated heterocycles. The van der Waals surface area contributed by atoms with E-state index in [0.717, 1.165) is 10.0 Å². The number of nitriles is 1. The quantitative estimate of drug-likeness (QED) is 0.838. The van der Waals surface area contributed by atoms with Crippen LogP contribution in [0.25, 0.3) is 6.08 Å². The number of rotatable bonds is 4. The van der Waals surface area contributed by atoms with Crippen molar-refractivity contribution in [1.82, 2.24) is 10.6 Å². The molecule has 0 spiro atoms. The van der Waals surface area contributed by atoms with Gasteiger partial charge in [-0.15, -0.1) is 0 Å². The Morgan fingerprint density at radius 2 is 2.12 bits per heavy atom. The molecule has 0 bridgehead atoms. The fraction of sp³-hybridized carbons (Fsp3) is 0.167. The van der Waals surface area contributed by atoms with Gasteiger partial charge < -0.3 is 10.6 Å². The van der Waals surface area contributed by atoms with E-state index in [9.17, 15) is 4.79 Å². The molecule has 0 fully saturated rings. The van der Waals surface area contributed by atoms with Crippen molar-refractivity contribution in [1.29, 1.82) is 5.26 Å². The average molecular weight is 294 g/mol. The van der Waals surface area contributed by atoms with Gasteiger partial charge in [-0.25, -0.2) is 4.79 Å². The van der Waals surface area contributed by atoms with E-state index < -0.39 is 0 Å². The second kappa shape index (κ2) is 7.47. The minimum absolute atomic E-state index is 0.309. The first kappa shape index (κ1) is 13.3. The Bertz CT molecular complexity index is 434. The molecule has 0 heterocycles. The van der Waals surface area contributed by atoms with Crippen LogP contribution in [0.3, 0.4) is 0 Å². The number of hydrogen-bond acceptors (Lipinski definition) is 2.